The molecule has 0 atom stereocenters. The zero-order valence-corrected chi connectivity index (χ0v) is 17.2. The maximum absolute atomic E-state index is 12.5. The Bertz CT molecular complexity index is 1060. The van der Waals surface area contributed by atoms with E-state index in [-0.39, 0.29) is 24.7 Å². The second-order valence-electron chi connectivity index (χ2n) is 7.12. The van der Waals surface area contributed by atoms with E-state index < -0.39 is 0 Å². The van der Waals surface area contributed by atoms with Gasteiger partial charge in [-0.15, -0.1) is 16.4 Å². The number of tetrazole rings is 1. The van der Waals surface area contributed by atoms with Crippen molar-refractivity contribution in [1.29, 1.82) is 0 Å². The summed E-state index contributed by atoms with van der Waals surface area (Å²) in [5, 5.41) is 16.5. The average Bonchev–Trinajstić information content (AvgIpc) is 3.35. The number of hydrogen-bond acceptors (Lipinski definition) is 6. The van der Waals surface area contributed by atoms with E-state index in [2.05, 4.69) is 32.3 Å². The molecule has 2 amide bonds. The first-order valence-electron chi connectivity index (χ1n) is 9.50. The quantitative estimate of drug-likeness (QED) is 0.698. The Morgan fingerprint density at radius 1 is 1.21 bits per heavy atom. The van der Waals surface area contributed by atoms with Gasteiger partial charge in [-0.3, -0.25) is 9.59 Å². The second-order valence-corrected chi connectivity index (χ2v) is 8.12. The lowest BCUT2D eigenvalue weighted by atomic mass is 10.1. The van der Waals surface area contributed by atoms with Gasteiger partial charge in [0.2, 0.25) is 11.8 Å². The van der Waals surface area contributed by atoms with Gasteiger partial charge in [-0.05, 0) is 65.4 Å². The number of amides is 2. The summed E-state index contributed by atoms with van der Waals surface area (Å²) in [5.74, 6) is 0.498. The van der Waals surface area contributed by atoms with Crippen LogP contribution in [0.1, 0.15) is 34.7 Å². The maximum atomic E-state index is 12.5. The second kappa shape index (κ2) is 8.12. The molecule has 0 fully saturated rings. The van der Waals surface area contributed by atoms with Gasteiger partial charge >= 0.3 is 0 Å². The minimum Gasteiger partial charge on any atom is -0.338 e. The highest BCUT2D eigenvalue weighted by Gasteiger charge is 2.21. The first-order valence-corrected chi connectivity index (χ1v) is 10.4. The molecule has 1 aliphatic heterocycles. The summed E-state index contributed by atoms with van der Waals surface area (Å²) < 4.78 is 1.63. The number of nitrogens with one attached hydrogen (secondary N) is 1. The Hall–Kier alpha value is -3.07. The number of nitrogens with zero attached hydrogens (tertiary/aromatic N) is 5. The zero-order valence-electron chi connectivity index (χ0n) is 16.4. The molecule has 3 aromatic rings. The highest BCUT2D eigenvalue weighted by molar-refractivity contribution is 7.10. The van der Waals surface area contributed by atoms with Crippen LogP contribution in [0.25, 0.3) is 5.69 Å². The number of rotatable bonds is 5. The predicted octanol–water partition coefficient (Wildman–Crippen LogP) is 2.64. The van der Waals surface area contributed by atoms with Crippen LogP contribution in [-0.2, 0) is 22.6 Å². The molecule has 1 aliphatic rings. The van der Waals surface area contributed by atoms with Gasteiger partial charge in [-0.2, -0.15) is 4.68 Å². The Labute approximate surface area is 172 Å². The van der Waals surface area contributed by atoms with Gasteiger partial charge in [0.1, 0.15) is 0 Å². The van der Waals surface area contributed by atoms with E-state index in [9.17, 15) is 9.59 Å². The van der Waals surface area contributed by atoms with E-state index in [1.54, 1.807) is 16.0 Å². The molecule has 9 heteroatoms. The lowest BCUT2D eigenvalue weighted by Crippen LogP contribution is -2.35. The number of anilines is 1. The van der Waals surface area contributed by atoms with E-state index >= 15 is 0 Å². The number of carbonyl (C=O) groups is 2. The molecule has 0 aliphatic carbocycles. The topological polar surface area (TPSA) is 93.0 Å². The highest BCUT2D eigenvalue weighted by Crippen LogP contribution is 2.24. The molecule has 0 radical (unpaired) electrons. The molecular formula is C20H22N6O2S. The largest absolute Gasteiger partial charge is 0.338 e. The molecule has 29 heavy (non-hydrogen) atoms. The van der Waals surface area contributed by atoms with Crippen molar-refractivity contribution in [3.8, 4) is 5.69 Å². The summed E-state index contributed by atoms with van der Waals surface area (Å²) in [6.45, 7) is 5.14. The van der Waals surface area contributed by atoms with Crippen LogP contribution in [0.4, 0.5) is 5.69 Å². The Balaban J connectivity index is 1.34. The van der Waals surface area contributed by atoms with Gasteiger partial charge in [0, 0.05) is 36.5 Å². The fraction of sp³-hybridized carbons (Fsp3) is 0.350. The maximum Gasteiger partial charge on any atom is 0.224 e. The van der Waals surface area contributed by atoms with Crippen LogP contribution >= 0.6 is 11.3 Å². The van der Waals surface area contributed by atoms with Crippen LogP contribution in [0.2, 0.25) is 0 Å². The molecule has 3 heterocycles. The predicted molar refractivity (Wildman–Crippen MR) is 110 cm³/mol. The summed E-state index contributed by atoms with van der Waals surface area (Å²) in [4.78, 5) is 28.1. The summed E-state index contributed by atoms with van der Waals surface area (Å²) >= 11 is 1.74. The lowest BCUT2D eigenvalue weighted by molar-refractivity contribution is -0.133. The molecule has 0 spiro atoms. The van der Waals surface area contributed by atoms with Gasteiger partial charge in [0.05, 0.1) is 5.69 Å². The monoisotopic (exact) mass is 410 g/mol. The molecule has 1 N–H and O–H groups in total. The zero-order chi connectivity index (χ0) is 20.4. The molecule has 8 nitrogen and oxygen atoms in total. The van der Waals surface area contributed by atoms with E-state index in [0.29, 0.717) is 18.1 Å². The van der Waals surface area contributed by atoms with Crippen molar-refractivity contribution in [3.63, 3.8) is 0 Å². The van der Waals surface area contributed by atoms with Gasteiger partial charge < -0.3 is 10.2 Å². The van der Waals surface area contributed by atoms with Gasteiger partial charge in [0.15, 0.2) is 5.82 Å². The standard InChI is InChI=1S/C20H22N6O2S/c1-13-3-4-16(11-17(13)26-14(2)22-23-24-26)21-19(27)5-6-20(28)25-9-7-18-15(12-25)8-10-29-18/h3-4,8,10-11H,5-7,9,12H2,1-2H3,(H,21,27). The van der Waals surface area contributed by atoms with Gasteiger partial charge in [-0.25, -0.2) is 0 Å². The average molecular weight is 411 g/mol. The van der Waals surface area contributed by atoms with Crippen LogP contribution in [-0.4, -0.2) is 43.5 Å². The van der Waals surface area contributed by atoms with Crippen LogP contribution in [0.5, 0.6) is 0 Å². The third-order valence-electron chi connectivity index (χ3n) is 5.07. The first-order chi connectivity index (χ1) is 14.0. The molecule has 0 bridgehead atoms. The number of aromatic nitrogens is 4. The minimum absolute atomic E-state index is 0.0194. The van der Waals surface area contributed by atoms with Gasteiger partial charge in [-0.1, -0.05) is 6.07 Å². The molecule has 0 saturated heterocycles. The van der Waals surface area contributed by atoms with E-state index in [4.69, 9.17) is 0 Å². The van der Waals surface area contributed by atoms with E-state index in [1.807, 2.05) is 36.9 Å². The number of carbonyl (C=O) groups excluding carboxylic acids is 2. The minimum atomic E-state index is -0.185. The van der Waals surface area contributed by atoms with Crippen molar-refractivity contribution < 1.29 is 9.59 Å². The summed E-state index contributed by atoms with van der Waals surface area (Å²) in [6.07, 6.45) is 1.25. The fourth-order valence-corrected chi connectivity index (χ4v) is 4.32. The van der Waals surface area contributed by atoms with Crippen molar-refractivity contribution in [2.75, 3.05) is 11.9 Å². The SMILES string of the molecule is Cc1ccc(NC(=O)CCC(=O)N2CCc3sccc3C2)cc1-n1nnnc1C. The summed E-state index contributed by atoms with van der Waals surface area (Å²) in [6, 6.07) is 7.65. The number of hydrogen-bond donors (Lipinski definition) is 1. The van der Waals surface area contributed by atoms with Crippen molar-refractivity contribution in [2.24, 2.45) is 0 Å². The van der Waals surface area contributed by atoms with E-state index in [0.717, 1.165) is 24.2 Å². The van der Waals surface area contributed by atoms with E-state index in [1.165, 1.54) is 10.4 Å². The van der Waals surface area contributed by atoms with Crippen molar-refractivity contribution in [3.05, 3.63) is 51.5 Å². The third-order valence-corrected chi connectivity index (χ3v) is 6.10. The van der Waals surface area contributed by atoms with Crippen LogP contribution in [0.3, 0.4) is 0 Å². The molecule has 0 saturated carbocycles. The fourth-order valence-electron chi connectivity index (χ4n) is 3.43. The highest BCUT2D eigenvalue weighted by atomic mass is 32.1. The normalized spacial score (nSPS) is 13.2. The first kappa shape index (κ1) is 19.3. The summed E-state index contributed by atoms with van der Waals surface area (Å²) in [7, 11) is 0. The molecule has 0 unspecified atom stereocenters. The molecule has 1 aromatic carbocycles. The van der Waals surface area contributed by atoms with Crippen LogP contribution in [0.15, 0.2) is 29.6 Å². The number of benzene rings is 1. The smallest absolute Gasteiger partial charge is 0.224 e. The van der Waals surface area contributed by atoms with Crippen molar-refractivity contribution in [2.45, 2.75) is 39.7 Å². The van der Waals surface area contributed by atoms with Crippen LogP contribution < -0.4 is 5.32 Å². The van der Waals surface area contributed by atoms with Crippen molar-refractivity contribution in [1.82, 2.24) is 25.1 Å². The molecule has 150 valence electrons. The number of thiophene rings is 1. The molecular weight excluding hydrogens is 388 g/mol. The third kappa shape index (κ3) is 4.19. The number of fused-ring (bicyclic) bond motifs is 1. The number of aryl methyl sites for hydroxylation is 2. The summed E-state index contributed by atoms with van der Waals surface area (Å²) in [5.41, 5.74) is 3.68. The molecule has 2 aromatic heterocycles. The lowest BCUT2D eigenvalue weighted by Gasteiger charge is -2.27. The van der Waals surface area contributed by atoms with Gasteiger partial charge in [0.25, 0.3) is 0 Å². The molecule has 4 rings (SSSR count). The Morgan fingerprint density at radius 3 is 2.86 bits per heavy atom. The van der Waals surface area contributed by atoms with Crippen LogP contribution in [0, 0.1) is 13.8 Å². The van der Waals surface area contributed by atoms with Crippen molar-refractivity contribution >= 4 is 28.8 Å². The Kier molecular flexibility index (Phi) is 5.39. The Morgan fingerprint density at radius 2 is 2.07 bits per heavy atom.